The average molecular weight is 184 g/mol. The Balaban J connectivity index is 1.80. The van der Waals surface area contributed by atoms with Crippen LogP contribution < -0.4 is 5.32 Å². The molecular formula is C9H20N2Si. The number of piperidine rings is 1. The molecule has 0 atom stereocenters. The SMILES string of the molecule is C1CCN(C2CCNCC2)[SiH2]C1. The van der Waals surface area contributed by atoms with Crippen LogP contribution in [0, 0.1) is 0 Å². The van der Waals surface area contributed by atoms with Gasteiger partial charge in [0.2, 0.25) is 0 Å². The molecule has 0 spiro atoms. The Kier molecular flexibility index (Phi) is 3.19. The van der Waals surface area contributed by atoms with Crippen LogP contribution in [-0.2, 0) is 0 Å². The molecule has 12 heavy (non-hydrogen) atoms. The van der Waals surface area contributed by atoms with Crippen LogP contribution in [0.25, 0.3) is 0 Å². The van der Waals surface area contributed by atoms with Gasteiger partial charge in [-0.1, -0.05) is 6.42 Å². The maximum absolute atomic E-state index is 3.44. The van der Waals surface area contributed by atoms with Crippen molar-refractivity contribution >= 4 is 9.68 Å². The molecule has 1 N–H and O–H groups in total. The van der Waals surface area contributed by atoms with Gasteiger partial charge in [-0.3, -0.25) is 0 Å². The van der Waals surface area contributed by atoms with Crippen LogP contribution in [0.2, 0.25) is 6.04 Å². The highest BCUT2D eigenvalue weighted by molar-refractivity contribution is 6.32. The minimum Gasteiger partial charge on any atom is -0.326 e. The van der Waals surface area contributed by atoms with Gasteiger partial charge >= 0.3 is 0 Å². The van der Waals surface area contributed by atoms with Crippen LogP contribution >= 0.6 is 0 Å². The predicted molar refractivity (Wildman–Crippen MR) is 55.2 cm³/mol. The lowest BCUT2D eigenvalue weighted by Gasteiger charge is -2.37. The Morgan fingerprint density at radius 3 is 2.67 bits per heavy atom. The Hall–Kier alpha value is 0.137. The Bertz CT molecular complexity index is 112. The Labute approximate surface area is 77.6 Å². The zero-order valence-electron chi connectivity index (χ0n) is 7.89. The van der Waals surface area contributed by atoms with E-state index in [4.69, 9.17) is 0 Å². The fourth-order valence-electron chi connectivity index (χ4n) is 2.46. The third-order valence-electron chi connectivity index (χ3n) is 3.22. The third-order valence-corrected chi connectivity index (χ3v) is 5.44. The summed E-state index contributed by atoms with van der Waals surface area (Å²) in [6, 6.07) is 2.54. The number of nitrogens with zero attached hydrogens (tertiary/aromatic N) is 1. The first-order valence-electron chi connectivity index (χ1n) is 5.41. The Morgan fingerprint density at radius 1 is 1.17 bits per heavy atom. The van der Waals surface area contributed by atoms with Crippen LogP contribution in [0.3, 0.4) is 0 Å². The van der Waals surface area contributed by atoms with Crippen LogP contribution in [0.1, 0.15) is 25.7 Å². The highest BCUT2D eigenvalue weighted by Crippen LogP contribution is 2.16. The van der Waals surface area contributed by atoms with Gasteiger partial charge in [-0.25, -0.2) is 0 Å². The van der Waals surface area contributed by atoms with Gasteiger partial charge in [0.15, 0.2) is 0 Å². The molecule has 2 heterocycles. The summed E-state index contributed by atoms with van der Waals surface area (Å²) in [6.07, 6.45) is 5.81. The van der Waals surface area contributed by atoms with Crippen LogP contribution in [0.15, 0.2) is 0 Å². The van der Waals surface area contributed by atoms with Crippen molar-refractivity contribution in [2.75, 3.05) is 19.6 Å². The maximum atomic E-state index is 3.44. The van der Waals surface area contributed by atoms with Gasteiger partial charge in [0.1, 0.15) is 0 Å². The first kappa shape index (κ1) is 8.72. The normalized spacial score (nSPS) is 31.0. The summed E-state index contributed by atoms with van der Waals surface area (Å²) in [6.45, 7) is 3.95. The predicted octanol–water partition coefficient (Wildman–Crippen LogP) is 0.336. The van der Waals surface area contributed by atoms with E-state index in [1.54, 1.807) is 6.04 Å². The van der Waals surface area contributed by atoms with Gasteiger partial charge < -0.3 is 9.88 Å². The van der Waals surface area contributed by atoms with Gasteiger partial charge in [0.05, 0.1) is 9.68 Å². The Morgan fingerprint density at radius 2 is 2.00 bits per heavy atom. The van der Waals surface area contributed by atoms with Crippen LogP contribution in [0.4, 0.5) is 0 Å². The zero-order valence-corrected chi connectivity index (χ0v) is 9.30. The molecule has 2 saturated heterocycles. The number of hydrogen-bond donors (Lipinski definition) is 1. The monoisotopic (exact) mass is 184 g/mol. The molecule has 0 saturated carbocycles. The van der Waals surface area contributed by atoms with Crippen LogP contribution in [0.5, 0.6) is 0 Å². The molecule has 0 aromatic carbocycles. The van der Waals surface area contributed by atoms with Crippen molar-refractivity contribution < 1.29 is 0 Å². The summed E-state index contributed by atoms with van der Waals surface area (Å²) in [5, 5.41) is 3.44. The topological polar surface area (TPSA) is 15.3 Å². The van der Waals surface area contributed by atoms with Gasteiger partial charge in [-0.15, -0.1) is 0 Å². The van der Waals surface area contributed by atoms with E-state index >= 15 is 0 Å². The number of hydrogen-bond acceptors (Lipinski definition) is 2. The van der Waals surface area contributed by atoms with Gasteiger partial charge in [0.25, 0.3) is 0 Å². The van der Waals surface area contributed by atoms with E-state index in [-0.39, 0.29) is 9.68 Å². The molecule has 0 aliphatic carbocycles. The number of rotatable bonds is 1. The molecule has 0 bridgehead atoms. The molecule has 0 aromatic rings. The zero-order chi connectivity index (χ0) is 8.23. The molecule has 2 aliphatic rings. The molecule has 70 valence electrons. The van der Waals surface area contributed by atoms with E-state index in [9.17, 15) is 0 Å². The van der Waals surface area contributed by atoms with Gasteiger partial charge in [0, 0.05) is 6.04 Å². The summed E-state index contributed by atoms with van der Waals surface area (Å²) in [5.41, 5.74) is 0. The molecule has 0 aromatic heterocycles. The van der Waals surface area contributed by atoms with E-state index in [1.165, 1.54) is 45.3 Å². The lowest BCUT2D eigenvalue weighted by atomic mass is 10.1. The summed E-state index contributed by atoms with van der Waals surface area (Å²) < 4.78 is 2.85. The van der Waals surface area contributed by atoms with E-state index in [0.717, 1.165) is 6.04 Å². The minimum absolute atomic E-state index is 0.183. The summed E-state index contributed by atoms with van der Waals surface area (Å²) in [7, 11) is 0.183. The molecule has 0 radical (unpaired) electrons. The third kappa shape index (κ3) is 2.09. The van der Waals surface area contributed by atoms with Crippen molar-refractivity contribution in [1.29, 1.82) is 0 Å². The largest absolute Gasteiger partial charge is 0.326 e. The molecule has 2 rings (SSSR count). The standard InChI is InChI=1S/C9H20N2Si/c1-2-8-12-11(7-1)9-3-5-10-6-4-9/h9-10H,1-8,12H2. The van der Waals surface area contributed by atoms with E-state index in [0.29, 0.717) is 0 Å². The van der Waals surface area contributed by atoms with Crippen LogP contribution in [-0.4, -0.2) is 39.9 Å². The maximum Gasteiger partial charge on any atom is 0.0953 e. The van der Waals surface area contributed by atoms with Crippen molar-refractivity contribution in [3.8, 4) is 0 Å². The average Bonchev–Trinajstić information content (AvgIpc) is 2.21. The van der Waals surface area contributed by atoms with Crippen molar-refractivity contribution in [2.24, 2.45) is 0 Å². The molecule has 2 aliphatic heterocycles. The van der Waals surface area contributed by atoms with Crippen molar-refractivity contribution in [2.45, 2.75) is 37.8 Å². The smallest absolute Gasteiger partial charge is 0.0953 e. The van der Waals surface area contributed by atoms with Gasteiger partial charge in [-0.05, 0) is 44.9 Å². The quantitative estimate of drug-likeness (QED) is 0.591. The highest BCUT2D eigenvalue weighted by Gasteiger charge is 2.21. The lowest BCUT2D eigenvalue weighted by Crippen LogP contribution is -2.46. The first-order valence-corrected chi connectivity index (χ1v) is 7.05. The second-order valence-corrected chi connectivity index (χ2v) is 6.04. The summed E-state index contributed by atoms with van der Waals surface area (Å²) in [4.78, 5) is 0. The molecule has 0 amide bonds. The molecule has 2 nitrogen and oxygen atoms in total. The van der Waals surface area contributed by atoms with Gasteiger partial charge in [-0.2, -0.15) is 0 Å². The number of nitrogens with one attached hydrogen (secondary N) is 1. The highest BCUT2D eigenvalue weighted by atomic mass is 28.2. The van der Waals surface area contributed by atoms with Crippen molar-refractivity contribution in [1.82, 2.24) is 9.88 Å². The lowest BCUT2D eigenvalue weighted by molar-refractivity contribution is 0.254. The summed E-state index contributed by atoms with van der Waals surface area (Å²) >= 11 is 0. The fourth-order valence-corrected chi connectivity index (χ4v) is 4.62. The molecule has 3 heteroatoms. The minimum atomic E-state index is 0.183. The second kappa shape index (κ2) is 4.39. The first-order chi connectivity index (χ1) is 5.97. The van der Waals surface area contributed by atoms with Crippen molar-refractivity contribution in [3.05, 3.63) is 0 Å². The van der Waals surface area contributed by atoms with E-state index in [1.807, 2.05) is 0 Å². The van der Waals surface area contributed by atoms with E-state index in [2.05, 4.69) is 9.88 Å². The summed E-state index contributed by atoms with van der Waals surface area (Å²) in [5.74, 6) is 0. The fraction of sp³-hybridized carbons (Fsp3) is 1.00. The molecule has 0 unspecified atom stereocenters. The van der Waals surface area contributed by atoms with Crippen molar-refractivity contribution in [3.63, 3.8) is 0 Å². The molecular weight excluding hydrogens is 164 g/mol. The van der Waals surface area contributed by atoms with E-state index < -0.39 is 0 Å². The second-order valence-electron chi connectivity index (χ2n) is 4.08. The molecule has 2 fully saturated rings.